The molecule has 3 rings (SSSR count). The molecule has 2 N–H and O–H groups in total. The molecule has 1 fully saturated rings. The number of anilines is 1. The van der Waals surface area contributed by atoms with Gasteiger partial charge in [-0.2, -0.15) is 0 Å². The van der Waals surface area contributed by atoms with Gasteiger partial charge in [0.25, 0.3) is 0 Å². The first kappa shape index (κ1) is 20.3. The predicted molar refractivity (Wildman–Crippen MR) is 110 cm³/mol. The molecular formula is C20H21Cl2N3O3. The molecule has 0 aliphatic carbocycles. The highest BCUT2D eigenvalue weighted by molar-refractivity contribution is 6.42. The Hall–Kier alpha value is -2.44. The van der Waals surface area contributed by atoms with Gasteiger partial charge in [-0.15, -0.1) is 0 Å². The largest absolute Gasteiger partial charge is 0.493 e. The van der Waals surface area contributed by atoms with Gasteiger partial charge in [0.2, 0.25) is 11.8 Å². The summed E-state index contributed by atoms with van der Waals surface area (Å²) in [6, 6.07) is 12.8. The van der Waals surface area contributed by atoms with E-state index in [2.05, 4.69) is 10.6 Å². The number of ether oxygens (including phenoxy) is 1. The first-order valence-electron chi connectivity index (χ1n) is 8.96. The fourth-order valence-electron chi connectivity index (χ4n) is 2.80. The summed E-state index contributed by atoms with van der Waals surface area (Å²) in [5, 5.41) is 6.55. The number of nitrogens with zero attached hydrogens (tertiary/aromatic N) is 1. The third-order valence-corrected chi connectivity index (χ3v) is 5.06. The van der Waals surface area contributed by atoms with Crippen molar-refractivity contribution >= 4 is 40.7 Å². The molecule has 0 atom stereocenters. The van der Waals surface area contributed by atoms with E-state index in [-0.39, 0.29) is 24.8 Å². The summed E-state index contributed by atoms with van der Waals surface area (Å²) in [7, 11) is 0. The Bertz CT molecular complexity index is 843. The number of carbonyl (C=O) groups is 2. The monoisotopic (exact) mass is 421 g/mol. The van der Waals surface area contributed by atoms with Gasteiger partial charge in [0.1, 0.15) is 5.75 Å². The van der Waals surface area contributed by atoms with Crippen LogP contribution in [-0.2, 0) is 16.1 Å². The molecule has 1 aliphatic heterocycles. The summed E-state index contributed by atoms with van der Waals surface area (Å²) >= 11 is 11.8. The average Bonchev–Trinajstić information content (AvgIpc) is 2.69. The maximum atomic E-state index is 12.0. The Kier molecular flexibility index (Phi) is 7.01. The quantitative estimate of drug-likeness (QED) is 0.720. The molecule has 0 unspecified atom stereocenters. The summed E-state index contributed by atoms with van der Waals surface area (Å²) < 4.78 is 5.51. The van der Waals surface area contributed by atoms with Crippen molar-refractivity contribution in [3.63, 3.8) is 0 Å². The zero-order chi connectivity index (χ0) is 19.9. The van der Waals surface area contributed by atoms with Crippen LogP contribution in [-0.4, -0.2) is 38.1 Å². The molecule has 2 aromatic rings. The fourth-order valence-corrected chi connectivity index (χ4v) is 3.09. The van der Waals surface area contributed by atoms with Crippen LogP contribution in [0.3, 0.4) is 0 Å². The number of hydrogen-bond acceptors (Lipinski definition) is 4. The lowest BCUT2D eigenvalue weighted by atomic mass is 10.2. The Morgan fingerprint density at radius 3 is 2.64 bits per heavy atom. The first-order chi connectivity index (χ1) is 13.5. The summed E-state index contributed by atoms with van der Waals surface area (Å²) in [5.41, 5.74) is 1.99. The SMILES string of the molecule is O=C(CCOc1ccc(Cl)c(Cl)c1)NCc1ccc(N2CCNC(=O)C2)cc1. The normalized spacial score (nSPS) is 13.8. The third kappa shape index (κ3) is 5.78. The molecule has 6 nitrogen and oxygen atoms in total. The second-order valence-corrected chi connectivity index (χ2v) is 7.20. The lowest BCUT2D eigenvalue weighted by molar-refractivity contribution is -0.122. The molecule has 2 amide bonds. The molecule has 1 aliphatic rings. The predicted octanol–water partition coefficient (Wildman–Crippen LogP) is 3.01. The van der Waals surface area contributed by atoms with Crippen LogP contribution in [0.5, 0.6) is 5.75 Å². The van der Waals surface area contributed by atoms with Crippen LogP contribution in [0.1, 0.15) is 12.0 Å². The van der Waals surface area contributed by atoms with Crippen molar-refractivity contribution in [2.45, 2.75) is 13.0 Å². The number of hydrogen-bond donors (Lipinski definition) is 2. The summed E-state index contributed by atoms with van der Waals surface area (Å²) in [6.45, 7) is 2.50. The van der Waals surface area contributed by atoms with Crippen LogP contribution in [0.15, 0.2) is 42.5 Å². The minimum Gasteiger partial charge on any atom is -0.493 e. The zero-order valence-electron chi connectivity index (χ0n) is 15.2. The van der Waals surface area contributed by atoms with E-state index in [9.17, 15) is 9.59 Å². The van der Waals surface area contributed by atoms with Gasteiger partial charge in [-0.05, 0) is 29.8 Å². The number of halogens is 2. The van der Waals surface area contributed by atoms with Gasteiger partial charge in [-0.3, -0.25) is 9.59 Å². The van der Waals surface area contributed by atoms with Gasteiger partial charge in [0.15, 0.2) is 0 Å². The topological polar surface area (TPSA) is 70.7 Å². The molecule has 2 aromatic carbocycles. The maximum absolute atomic E-state index is 12.0. The van der Waals surface area contributed by atoms with Crippen LogP contribution in [0, 0.1) is 0 Å². The summed E-state index contributed by atoms with van der Waals surface area (Å²) in [5.74, 6) is 0.506. The van der Waals surface area contributed by atoms with Crippen molar-refractivity contribution in [3.05, 3.63) is 58.1 Å². The van der Waals surface area contributed by atoms with Crippen molar-refractivity contribution in [1.29, 1.82) is 0 Å². The number of piperazine rings is 1. The van der Waals surface area contributed by atoms with E-state index in [1.807, 2.05) is 29.2 Å². The molecule has 1 heterocycles. The number of amides is 2. The van der Waals surface area contributed by atoms with Crippen molar-refractivity contribution in [2.75, 3.05) is 31.1 Å². The van der Waals surface area contributed by atoms with E-state index in [1.165, 1.54) is 0 Å². The fraction of sp³-hybridized carbons (Fsp3) is 0.300. The first-order valence-corrected chi connectivity index (χ1v) is 9.72. The molecular weight excluding hydrogens is 401 g/mol. The number of nitrogens with one attached hydrogen (secondary N) is 2. The van der Waals surface area contributed by atoms with Crippen LogP contribution < -0.4 is 20.3 Å². The maximum Gasteiger partial charge on any atom is 0.239 e. The smallest absolute Gasteiger partial charge is 0.239 e. The van der Waals surface area contributed by atoms with E-state index >= 15 is 0 Å². The van der Waals surface area contributed by atoms with E-state index in [4.69, 9.17) is 27.9 Å². The van der Waals surface area contributed by atoms with E-state index in [0.29, 0.717) is 35.4 Å². The molecule has 0 radical (unpaired) electrons. The van der Waals surface area contributed by atoms with Gasteiger partial charge < -0.3 is 20.3 Å². The molecule has 28 heavy (non-hydrogen) atoms. The van der Waals surface area contributed by atoms with Crippen LogP contribution in [0.25, 0.3) is 0 Å². The van der Waals surface area contributed by atoms with Gasteiger partial charge in [-0.25, -0.2) is 0 Å². The lowest BCUT2D eigenvalue weighted by Gasteiger charge is -2.28. The molecule has 0 spiro atoms. The second kappa shape index (κ2) is 9.66. The molecule has 1 saturated heterocycles. The Labute approximate surface area is 173 Å². The lowest BCUT2D eigenvalue weighted by Crippen LogP contribution is -2.47. The molecule has 8 heteroatoms. The highest BCUT2D eigenvalue weighted by Crippen LogP contribution is 2.26. The van der Waals surface area contributed by atoms with Crippen LogP contribution >= 0.6 is 23.2 Å². The Morgan fingerprint density at radius 1 is 1.14 bits per heavy atom. The highest BCUT2D eigenvalue weighted by atomic mass is 35.5. The highest BCUT2D eigenvalue weighted by Gasteiger charge is 2.16. The minimum atomic E-state index is -0.100. The van der Waals surface area contributed by atoms with Crippen molar-refractivity contribution < 1.29 is 14.3 Å². The zero-order valence-corrected chi connectivity index (χ0v) is 16.7. The molecule has 0 bridgehead atoms. The van der Waals surface area contributed by atoms with Gasteiger partial charge in [-0.1, -0.05) is 35.3 Å². The molecule has 0 aromatic heterocycles. The van der Waals surface area contributed by atoms with Gasteiger partial charge in [0, 0.05) is 31.4 Å². The summed E-state index contributed by atoms with van der Waals surface area (Å²) in [4.78, 5) is 25.5. The average molecular weight is 422 g/mol. The van der Waals surface area contributed by atoms with Crippen molar-refractivity contribution in [3.8, 4) is 5.75 Å². The number of rotatable bonds is 7. The van der Waals surface area contributed by atoms with Gasteiger partial charge >= 0.3 is 0 Å². The minimum absolute atomic E-state index is 0.0330. The van der Waals surface area contributed by atoms with Crippen LogP contribution in [0.2, 0.25) is 10.0 Å². The van der Waals surface area contributed by atoms with Crippen molar-refractivity contribution in [1.82, 2.24) is 10.6 Å². The molecule has 148 valence electrons. The number of benzene rings is 2. The standard InChI is InChI=1S/C20H21Cl2N3O3/c21-17-6-5-16(11-18(17)22)28-10-7-19(26)24-12-14-1-3-15(4-2-14)25-9-8-23-20(27)13-25/h1-6,11H,7-10,12-13H2,(H,23,27)(H,24,26). The summed E-state index contributed by atoms with van der Waals surface area (Å²) in [6.07, 6.45) is 0.237. The molecule has 0 saturated carbocycles. The van der Waals surface area contributed by atoms with E-state index in [0.717, 1.165) is 17.8 Å². The van der Waals surface area contributed by atoms with Crippen molar-refractivity contribution in [2.24, 2.45) is 0 Å². The second-order valence-electron chi connectivity index (χ2n) is 6.39. The Morgan fingerprint density at radius 2 is 1.93 bits per heavy atom. The number of carbonyl (C=O) groups excluding carboxylic acids is 2. The van der Waals surface area contributed by atoms with Gasteiger partial charge in [0.05, 0.1) is 29.6 Å². The van der Waals surface area contributed by atoms with E-state index < -0.39 is 0 Å². The Balaban J connectivity index is 1.40. The van der Waals surface area contributed by atoms with Crippen LogP contribution in [0.4, 0.5) is 5.69 Å². The third-order valence-electron chi connectivity index (χ3n) is 4.32. The van der Waals surface area contributed by atoms with E-state index in [1.54, 1.807) is 18.2 Å².